The summed E-state index contributed by atoms with van der Waals surface area (Å²) in [7, 11) is 1.71. The Morgan fingerprint density at radius 3 is 2.61 bits per heavy atom. The molecule has 3 nitrogen and oxygen atoms in total. The van der Waals surface area contributed by atoms with Gasteiger partial charge in [0, 0.05) is 31.0 Å². The van der Waals surface area contributed by atoms with Gasteiger partial charge < -0.3 is 10.1 Å². The molecular weight excluding hydrogens is 224 g/mol. The monoisotopic (exact) mass is 242 g/mol. The van der Waals surface area contributed by atoms with Crippen LogP contribution >= 0.6 is 0 Å². The average Bonchev–Trinajstić information content (AvgIpc) is 2.40. The number of benzene rings is 1. The van der Waals surface area contributed by atoms with Crippen molar-refractivity contribution in [2.45, 2.75) is 20.0 Å². The highest BCUT2D eigenvalue weighted by Gasteiger charge is 2.02. The molecule has 1 aromatic heterocycles. The molecule has 0 saturated heterocycles. The van der Waals surface area contributed by atoms with Gasteiger partial charge in [0.05, 0.1) is 7.11 Å². The first-order chi connectivity index (χ1) is 8.79. The van der Waals surface area contributed by atoms with E-state index in [4.69, 9.17) is 4.74 Å². The lowest BCUT2D eigenvalue weighted by atomic mass is 10.1. The van der Waals surface area contributed by atoms with Gasteiger partial charge in [0.15, 0.2) is 0 Å². The van der Waals surface area contributed by atoms with E-state index in [2.05, 4.69) is 29.4 Å². The second-order valence-corrected chi connectivity index (χ2v) is 4.27. The van der Waals surface area contributed by atoms with Crippen LogP contribution in [0.15, 0.2) is 42.7 Å². The predicted octanol–water partition coefficient (Wildman–Crippen LogP) is 2.69. The van der Waals surface area contributed by atoms with Gasteiger partial charge in [0.25, 0.3) is 0 Å². The topological polar surface area (TPSA) is 34.1 Å². The number of hydrogen-bond donors (Lipinski definition) is 1. The standard InChI is InChI=1S/C15H18N2O/c1-12-3-4-15(18-2)14(9-12)11-17-10-13-5-7-16-8-6-13/h3-9,17H,10-11H2,1-2H3. The third-order valence-corrected chi connectivity index (χ3v) is 2.83. The Bertz CT molecular complexity index is 497. The Labute approximate surface area is 108 Å². The van der Waals surface area contributed by atoms with Gasteiger partial charge in [-0.05, 0) is 30.7 Å². The van der Waals surface area contributed by atoms with E-state index in [1.807, 2.05) is 30.6 Å². The summed E-state index contributed by atoms with van der Waals surface area (Å²) in [5.41, 5.74) is 3.67. The zero-order valence-electron chi connectivity index (χ0n) is 10.8. The summed E-state index contributed by atoms with van der Waals surface area (Å²) in [5.74, 6) is 0.933. The molecule has 0 unspecified atom stereocenters. The van der Waals surface area contributed by atoms with Crippen LogP contribution in [-0.4, -0.2) is 12.1 Å². The molecule has 0 aliphatic rings. The zero-order valence-corrected chi connectivity index (χ0v) is 10.8. The molecule has 2 aromatic rings. The third kappa shape index (κ3) is 3.31. The summed E-state index contributed by atoms with van der Waals surface area (Å²) in [6.45, 7) is 3.72. The van der Waals surface area contributed by atoms with Crippen molar-refractivity contribution in [1.82, 2.24) is 10.3 Å². The maximum Gasteiger partial charge on any atom is 0.123 e. The summed E-state index contributed by atoms with van der Waals surface area (Å²) in [5, 5.41) is 3.41. The van der Waals surface area contributed by atoms with Crippen LogP contribution in [0.5, 0.6) is 5.75 Å². The number of hydrogen-bond acceptors (Lipinski definition) is 3. The van der Waals surface area contributed by atoms with Crippen LogP contribution < -0.4 is 10.1 Å². The van der Waals surface area contributed by atoms with Crippen molar-refractivity contribution in [2.75, 3.05) is 7.11 Å². The third-order valence-electron chi connectivity index (χ3n) is 2.83. The van der Waals surface area contributed by atoms with E-state index >= 15 is 0 Å². The quantitative estimate of drug-likeness (QED) is 0.875. The Balaban J connectivity index is 1.96. The number of methoxy groups -OCH3 is 1. The molecule has 0 aliphatic carbocycles. The largest absolute Gasteiger partial charge is 0.496 e. The van der Waals surface area contributed by atoms with E-state index in [1.54, 1.807) is 7.11 Å². The molecule has 3 heteroatoms. The Morgan fingerprint density at radius 2 is 1.89 bits per heavy atom. The van der Waals surface area contributed by atoms with Gasteiger partial charge in [0.1, 0.15) is 5.75 Å². The van der Waals surface area contributed by atoms with E-state index in [1.165, 1.54) is 16.7 Å². The summed E-state index contributed by atoms with van der Waals surface area (Å²) in [6, 6.07) is 10.3. The highest BCUT2D eigenvalue weighted by molar-refractivity contribution is 5.36. The summed E-state index contributed by atoms with van der Waals surface area (Å²) in [4.78, 5) is 4.00. The minimum Gasteiger partial charge on any atom is -0.496 e. The Morgan fingerprint density at radius 1 is 1.11 bits per heavy atom. The fourth-order valence-corrected chi connectivity index (χ4v) is 1.89. The van der Waals surface area contributed by atoms with Gasteiger partial charge >= 0.3 is 0 Å². The van der Waals surface area contributed by atoms with Crippen molar-refractivity contribution in [3.05, 3.63) is 59.4 Å². The summed E-state index contributed by atoms with van der Waals surface area (Å²) >= 11 is 0. The first-order valence-corrected chi connectivity index (χ1v) is 6.03. The second kappa shape index (κ2) is 6.17. The van der Waals surface area contributed by atoms with Gasteiger partial charge in [-0.1, -0.05) is 17.7 Å². The molecule has 0 fully saturated rings. The number of nitrogens with zero attached hydrogens (tertiary/aromatic N) is 1. The van der Waals surface area contributed by atoms with Crippen LogP contribution in [0, 0.1) is 6.92 Å². The zero-order chi connectivity index (χ0) is 12.8. The molecule has 0 radical (unpaired) electrons. The minimum atomic E-state index is 0.799. The van der Waals surface area contributed by atoms with Crippen LogP contribution in [0.2, 0.25) is 0 Å². The number of nitrogens with one attached hydrogen (secondary N) is 1. The Hall–Kier alpha value is -1.87. The maximum absolute atomic E-state index is 5.35. The molecule has 0 atom stereocenters. The fraction of sp³-hybridized carbons (Fsp3) is 0.267. The molecule has 0 spiro atoms. The molecule has 94 valence electrons. The number of pyridine rings is 1. The lowest BCUT2D eigenvalue weighted by Gasteiger charge is -2.10. The molecule has 18 heavy (non-hydrogen) atoms. The van der Waals surface area contributed by atoms with E-state index in [9.17, 15) is 0 Å². The smallest absolute Gasteiger partial charge is 0.123 e. The van der Waals surface area contributed by atoms with Crippen molar-refractivity contribution < 1.29 is 4.74 Å². The second-order valence-electron chi connectivity index (χ2n) is 4.27. The van der Waals surface area contributed by atoms with E-state index in [0.717, 1.165) is 18.8 Å². The SMILES string of the molecule is COc1ccc(C)cc1CNCc1ccncc1. The first-order valence-electron chi connectivity index (χ1n) is 6.03. The fourth-order valence-electron chi connectivity index (χ4n) is 1.89. The summed E-state index contributed by atoms with van der Waals surface area (Å²) < 4.78 is 5.35. The molecule has 0 aliphatic heterocycles. The van der Waals surface area contributed by atoms with Gasteiger partial charge in [-0.2, -0.15) is 0 Å². The van der Waals surface area contributed by atoms with E-state index in [0.29, 0.717) is 0 Å². The van der Waals surface area contributed by atoms with Crippen molar-refractivity contribution in [3.63, 3.8) is 0 Å². The molecule has 1 aromatic carbocycles. The molecule has 1 heterocycles. The van der Waals surface area contributed by atoms with Crippen LogP contribution in [0.3, 0.4) is 0 Å². The molecule has 0 amide bonds. The van der Waals surface area contributed by atoms with Crippen LogP contribution in [0.4, 0.5) is 0 Å². The van der Waals surface area contributed by atoms with Crippen molar-refractivity contribution >= 4 is 0 Å². The van der Waals surface area contributed by atoms with Gasteiger partial charge in [0.2, 0.25) is 0 Å². The van der Waals surface area contributed by atoms with Gasteiger partial charge in [-0.25, -0.2) is 0 Å². The number of rotatable bonds is 5. The van der Waals surface area contributed by atoms with Gasteiger partial charge in [-0.15, -0.1) is 0 Å². The van der Waals surface area contributed by atoms with Crippen molar-refractivity contribution in [3.8, 4) is 5.75 Å². The predicted molar refractivity (Wildman–Crippen MR) is 72.5 cm³/mol. The summed E-state index contributed by atoms with van der Waals surface area (Å²) in [6.07, 6.45) is 3.62. The van der Waals surface area contributed by atoms with E-state index < -0.39 is 0 Å². The first kappa shape index (κ1) is 12.6. The number of aryl methyl sites for hydroxylation is 1. The molecule has 1 N–H and O–H groups in total. The number of ether oxygens (including phenoxy) is 1. The lowest BCUT2D eigenvalue weighted by molar-refractivity contribution is 0.407. The highest BCUT2D eigenvalue weighted by Crippen LogP contribution is 2.19. The van der Waals surface area contributed by atoms with E-state index in [-0.39, 0.29) is 0 Å². The van der Waals surface area contributed by atoms with Crippen LogP contribution in [-0.2, 0) is 13.1 Å². The molecular formula is C15H18N2O. The van der Waals surface area contributed by atoms with Crippen LogP contribution in [0.25, 0.3) is 0 Å². The molecule has 2 rings (SSSR count). The Kier molecular flexibility index (Phi) is 4.31. The van der Waals surface area contributed by atoms with Crippen molar-refractivity contribution in [2.24, 2.45) is 0 Å². The lowest BCUT2D eigenvalue weighted by Crippen LogP contribution is -2.13. The van der Waals surface area contributed by atoms with Gasteiger partial charge in [-0.3, -0.25) is 4.98 Å². The molecule has 0 bridgehead atoms. The molecule has 0 saturated carbocycles. The number of aromatic nitrogens is 1. The normalized spacial score (nSPS) is 10.3. The minimum absolute atomic E-state index is 0.799. The maximum atomic E-state index is 5.35. The average molecular weight is 242 g/mol. The van der Waals surface area contributed by atoms with Crippen molar-refractivity contribution in [1.29, 1.82) is 0 Å². The highest BCUT2D eigenvalue weighted by atomic mass is 16.5. The van der Waals surface area contributed by atoms with Crippen LogP contribution in [0.1, 0.15) is 16.7 Å².